The van der Waals surface area contributed by atoms with Gasteiger partial charge in [0.2, 0.25) is 11.1 Å². The van der Waals surface area contributed by atoms with Crippen LogP contribution in [0.2, 0.25) is 0 Å². The van der Waals surface area contributed by atoms with Crippen LogP contribution < -0.4 is 5.32 Å². The van der Waals surface area contributed by atoms with Gasteiger partial charge in [0.05, 0.1) is 20.8 Å². The highest BCUT2D eigenvalue weighted by molar-refractivity contribution is 7.99. The molecule has 142 valence electrons. The van der Waals surface area contributed by atoms with Crippen LogP contribution in [0.15, 0.2) is 52.5 Å². The molecule has 0 saturated carbocycles. The number of nitrogens with one attached hydrogen (secondary N) is 2. The SMILES string of the molecule is CC(=O)Nc1ccc(-c2nc(Sc3ccc([N+](=O)[O-])cc3[N+](=O)[O-])n[nH]2)cc1. The molecular weight excluding hydrogens is 388 g/mol. The van der Waals surface area contributed by atoms with Gasteiger partial charge < -0.3 is 5.32 Å². The first-order valence-electron chi connectivity index (χ1n) is 7.74. The van der Waals surface area contributed by atoms with Crippen molar-refractivity contribution in [3.05, 3.63) is 62.7 Å². The van der Waals surface area contributed by atoms with Crippen molar-refractivity contribution < 1.29 is 14.6 Å². The summed E-state index contributed by atoms with van der Waals surface area (Å²) in [4.78, 5) is 36.1. The zero-order valence-corrected chi connectivity index (χ0v) is 15.1. The molecule has 0 unspecified atom stereocenters. The van der Waals surface area contributed by atoms with Gasteiger partial charge in [0.15, 0.2) is 5.82 Å². The topological polar surface area (TPSA) is 157 Å². The Morgan fingerprint density at radius 2 is 1.82 bits per heavy atom. The summed E-state index contributed by atoms with van der Waals surface area (Å²) >= 11 is 0.915. The van der Waals surface area contributed by atoms with E-state index in [1.165, 1.54) is 19.1 Å². The number of aromatic amines is 1. The highest BCUT2D eigenvalue weighted by Gasteiger charge is 2.21. The summed E-state index contributed by atoms with van der Waals surface area (Å²) in [6.07, 6.45) is 0. The maximum Gasteiger partial charge on any atom is 0.290 e. The van der Waals surface area contributed by atoms with Crippen molar-refractivity contribution in [2.75, 3.05) is 5.32 Å². The number of nitro groups is 2. The van der Waals surface area contributed by atoms with E-state index >= 15 is 0 Å². The maximum atomic E-state index is 11.2. The fourth-order valence-corrected chi connectivity index (χ4v) is 3.08. The number of rotatable bonds is 6. The van der Waals surface area contributed by atoms with Gasteiger partial charge in [-0.25, -0.2) is 4.98 Å². The molecule has 0 saturated heterocycles. The molecule has 11 nitrogen and oxygen atoms in total. The van der Waals surface area contributed by atoms with Crippen LogP contribution in [0.25, 0.3) is 11.4 Å². The van der Waals surface area contributed by atoms with Crippen LogP contribution in [-0.4, -0.2) is 30.9 Å². The third-order valence-electron chi connectivity index (χ3n) is 3.49. The number of benzene rings is 2. The number of hydrogen-bond acceptors (Lipinski definition) is 8. The van der Waals surface area contributed by atoms with Crippen LogP contribution in [-0.2, 0) is 4.79 Å². The lowest BCUT2D eigenvalue weighted by Gasteiger charge is -2.02. The number of hydrogen-bond donors (Lipinski definition) is 2. The van der Waals surface area contributed by atoms with E-state index in [1.807, 2.05) is 0 Å². The minimum atomic E-state index is -0.697. The normalized spacial score (nSPS) is 10.5. The zero-order valence-electron chi connectivity index (χ0n) is 14.3. The molecule has 12 heteroatoms. The van der Waals surface area contributed by atoms with Gasteiger partial charge in [-0.15, -0.1) is 5.10 Å². The van der Waals surface area contributed by atoms with E-state index in [0.29, 0.717) is 17.1 Å². The Hall–Kier alpha value is -3.80. The molecule has 3 aromatic rings. The number of carbonyl (C=O) groups excluding carboxylic acids is 1. The van der Waals surface area contributed by atoms with Crippen LogP contribution >= 0.6 is 11.8 Å². The summed E-state index contributed by atoms with van der Waals surface area (Å²) in [5, 5.41) is 31.6. The highest BCUT2D eigenvalue weighted by atomic mass is 32.2. The van der Waals surface area contributed by atoms with Crippen molar-refractivity contribution in [2.24, 2.45) is 0 Å². The molecule has 28 heavy (non-hydrogen) atoms. The third-order valence-corrected chi connectivity index (χ3v) is 4.43. The molecule has 0 atom stereocenters. The van der Waals surface area contributed by atoms with E-state index in [-0.39, 0.29) is 21.6 Å². The summed E-state index contributed by atoms with van der Waals surface area (Å²) in [7, 11) is 0. The lowest BCUT2D eigenvalue weighted by molar-refractivity contribution is -0.396. The minimum Gasteiger partial charge on any atom is -0.326 e. The van der Waals surface area contributed by atoms with Crippen molar-refractivity contribution in [3.63, 3.8) is 0 Å². The minimum absolute atomic E-state index is 0.183. The van der Waals surface area contributed by atoms with Gasteiger partial charge in [-0.2, -0.15) is 0 Å². The second kappa shape index (κ2) is 7.84. The summed E-state index contributed by atoms with van der Waals surface area (Å²) in [6.45, 7) is 1.41. The second-order valence-corrected chi connectivity index (χ2v) is 6.50. The van der Waals surface area contributed by atoms with Crippen molar-refractivity contribution in [2.45, 2.75) is 17.0 Å². The Balaban J connectivity index is 1.82. The van der Waals surface area contributed by atoms with E-state index in [9.17, 15) is 25.0 Å². The predicted octanol–water partition coefficient (Wildman–Crippen LogP) is 3.40. The smallest absolute Gasteiger partial charge is 0.290 e. The molecule has 1 amide bonds. The van der Waals surface area contributed by atoms with Crippen LogP contribution in [0.1, 0.15) is 6.92 Å². The van der Waals surface area contributed by atoms with Crippen LogP contribution in [0, 0.1) is 20.2 Å². The van der Waals surface area contributed by atoms with E-state index in [4.69, 9.17) is 0 Å². The molecule has 1 aromatic heterocycles. The van der Waals surface area contributed by atoms with Crippen molar-refractivity contribution in [3.8, 4) is 11.4 Å². The van der Waals surface area contributed by atoms with E-state index < -0.39 is 15.5 Å². The molecule has 0 aliphatic heterocycles. The van der Waals surface area contributed by atoms with Gasteiger partial charge >= 0.3 is 0 Å². The average Bonchev–Trinajstić information content (AvgIpc) is 3.10. The standard InChI is InChI=1S/C16H12N6O5S/c1-9(23)17-11-4-2-10(3-5-11)15-18-16(20-19-15)28-14-7-6-12(21(24)25)8-13(14)22(26)27/h2-8H,1H3,(H,17,23)(H,18,19,20). The van der Waals surface area contributed by atoms with Gasteiger partial charge in [-0.3, -0.25) is 30.1 Å². The molecule has 0 bridgehead atoms. The third kappa shape index (κ3) is 4.29. The molecule has 0 aliphatic carbocycles. The van der Waals surface area contributed by atoms with Crippen LogP contribution in [0.5, 0.6) is 0 Å². The molecule has 0 fully saturated rings. The quantitative estimate of drug-likeness (QED) is 0.471. The number of amides is 1. The molecule has 3 rings (SSSR count). The summed E-state index contributed by atoms with van der Waals surface area (Å²) in [5.41, 5.74) is 0.565. The summed E-state index contributed by atoms with van der Waals surface area (Å²) < 4.78 is 0. The first-order chi connectivity index (χ1) is 13.3. The largest absolute Gasteiger partial charge is 0.326 e. The van der Waals surface area contributed by atoms with Crippen LogP contribution in [0.4, 0.5) is 17.1 Å². The molecule has 0 aliphatic rings. The van der Waals surface area contributed by atoms with E-state index in [1.54, 1.807) is 24.3 Å². The van der Waals surface area contributed by atoms with Gasteiger partial charge in [0.1, 0.15) is 0 Å². The van der Waals surface area contributed by atoms with Gasteiger partial charge in [-0.05, 0) is 42.1 Å². The Labute approximate surface area is 161 Å². The van der Waals surface area contributed by atoms with Gasteiger partial charge in [0.25, 0.3) is 11.4 Å². The van der Waals surface area contributed by atoms with Gasteiger partial charge in [-0.1, -0.05) is 0 Å². The number of carbonyl (C=O) groups is 1. The number of anilines is 1. The predicted molar refractivity (Wildman–Crippen MR) is 100.0 cm³/mol. The monoisotopic (exact) mass is 400 g/mol. The molecule has 2 N–H and O–H groups in total. The van der Waals surface area contributed by atoms with Crippen molar-refractivity contribution in [1.82, 2.24) is 15.2 Å². The molecular formula is C16H12N6O5S. The number of aromatic nitrogens is 3. The Morgan fingerprint density at radius 1 is 1.11 bits per heavy atom. The molecule has 1 heterocycles. The molecule has 0 radical (unpaired) electrons. The maximum absolute atomic E-state index is 11.2. The lowest BCUT2D eigenvalue weighted by Crippen LogP contribution is -2.05. The number of non-ortho nitro benzene ring substituents is 1. The number of nitro benzene ring substituents is 2. The summed E-state index contributed by atoms with van der Waals surface area (Å²) in [5.74, 6) is 0.247. The first-order valence-corrected chi connectivity index (χ1v) is 8.56. The summed E-state index contributed by atoms with van der Waals surface area (Å²) in [6, 6.07) is 10.2. The second-order valence-electron chi connectivity index (χ2n) is 5.49. The van der Waals surface area contributed by atoms with Crippen LogP contribution in [0.3, 0.4) is 0 Å². The highest BCUT2D eigenvalue weighted by Crippen LogP contribution is 2.36. The van der Waals surface area contributed by atoms with Crippen molar-refractivity contribution >= 4 is 34.7 Å². The Kier molecular flexibility index (Phi) is 5.31. The average molecular weight is 400 g/mol. The fraction of sp³-hybridized carbons (Fsp3) is 0.0625. The molecule has 2 aromatic carbocycles. The van der Waals surface area contributed by atoms with Gasteiger partial charge in [0, 0.05) is 24.2 Å². The number of H-pyrrole nitrogens is 1. The van der Waals surface area contributed by atoms with Crippen molar-refractivity contribution in [1.29, 1.82) is 0 Å². The fourth-order valence-electron chi connectivity index (χ4n) is 2.28. The number of nitrogens with zero attached hydrogens (tertiary/aromatic N) is 4. The first kappa shape index (κ1) is 19.0. The Morgan fingerprint density at radius 3 is 2.43 bits per heavy atom. The Bertz CT molecular complexity index is 1070. The molecule has 0 spiro atoms. The van der Waals surface area contributed by atoms with E-state index in [2.05, 4.69) is 20.5 Å². The lowest BCUT2D eigenvalue weighted by atomic mass is 10.2. The zero-order chi connectivity index (χ0) is 20.3. The van der Waals surface area contributed by atoms with E-state index in [0.717, 1.165) is 17.8 Å².